The summed E-state index contributed by atoms with van der Waals surface area (Å²) in [5.74, 6) is 0.595. The van der Waals surface area contributed by atoms with Crippen LogP contribution in [-0.2, 0) is 13.1 Å². The number of aromatic amines is 1. The zero-order valence-corrected chi connectivity index (χ0v) is 21.5. The SMILES string of the molecule is O=c1[nH]c2cc(Nc3ccccc3)c(N3CCN(Cc4ccccc4)CC3)cc2n1CC1CCCCC1. The molecule has 0 atom stereocenters. The third-order valence-corrected chi connectivity index (χ3v) is 8.07. The summed E-state index contributed by atoms with van der Waals surface area (Å²) in [6.45, 7) is 5.74. The van der Waals surface area contributed by atoms with Crippen LogP contribution in [0.3, 0.4) is 0 Å². The van der Waals surface area contributed by atoms with E-state index in [0.717, 1.165) is 61.7 Å². The maximum atomic E-state index is 13.1. The van der Waals surface area contributed by atoms with Gasteiger partial charge in [-0.25, -0.2) is 4.79 Å². The van der Waals surface area contributed by atoms with Gasteiger partial charge in [0, 0.05) is 45.0 Å². The molecule has 2 N–H and O–H groups in total. The Kier molecular flexibility index (Phi) is 7.00. The molecule has 1 aliphatic heterocycles. The summed E-state index contributed by atoms with van der Waals surface area (Å²) in [6, 6.07) is 25.4. The van der Waals surface area contributed by atoms with Crippen LogP contribution in [0.2, 0.25) is 0 Å². The molecule has 192 valence electrons. The first-order chi connectivity index (χ1) is 18.2. The second-order valence-corrected chi connectivity index (χ2v) is 10.7. The molecule has 2 aliphatic rings. The first-order valence-electron chi connectivity index (χ1n) is 13.8. The molecule has 1 aliphatic carbocycles. The maximum Gasteiger partial charge on any atom is 0.326 e. The van der Waals surface area contributed by atoms with E-state index in [9.17, 15) is 4.79 Å². The van der Waals surface area contributed by atoms with Crippen LogP contribution in [0.4, 0.5) is 17.1 Å². The summed E-state index contributed by atoms with van der Waals surface area (Å²) in [7, 11) is 0. The van der Waals surface area contributed by atoms with Crippen LogP contribution in [0.15, 0.2) is 77.6 Å². The van der Waals surface area contributed by atoms with Crippen LogP contribution in [-0.4, -0.2) is 40.6 Å². The number of para-hydroxylation sites is 1. The number of rotatable bonds is 7. The van der Waals surface area contributed by atoms with Crippen LogP contribution >= 0.6 is 0 Å². The lowest BCUT2D eigenvalue weighted by atomic mass is 9.89. The van der Waals surface area contributed by atoms with E-state index >= 15 is 0 Å². The second-order valence-electron chi connectivity index (χ2n) is 10.7. The standard InChI is InChI=1S/C31H37N5O/c37-31-33-28-20-27(32-26-14-8-3-9-15-26)29(21-30(28)36(31)23-25-12-6-2-7-13-25)35-18-16-34(17-19-35)22-24-10-4-1-5-11-24/h1,3-5,8-11,14-15,20-21,25,32H,2,6-7,12-13,16-19,22-23H2,(H,33,37). The summed E-state index contributed by atoms with van der Waals surface area (Å²) >= 11 is 0. The van der Waals surface area contributed by atoms with Crippen molar-refractivity contribution >= 4 is 28.1 Å². The molecule has 0 amide bonds. The first kappa shape index (κ1) is 23.9. The summed E-state index contributed by atoms with van der Waals surface area (Å²) in [5.41, 5.74) is 6.57. The Labute approximate surface area is 218 Å². The molecule has 1 saturated carbocycles. The molecule has 1 saturated heterocycles. The Morgan fingerprint density at radius 3 is 2.27 bits per heavy atom. The van der Waals surface area contributed by atoms with E-state index in [1.54, 1.807) is 0 Å². The zero-order chi connectivity index (χ0) is 25.0. The van der Waals surface area contributed by atoms with Crippen molar-refractivity contribution in [3.63, 3.8) is 0 Å². The smallest absolute Gasteiger partial charge is 0.326 e. The fourth-order valence-corrected chi connectivity index (χ4v) is 6.03. The number of hydrogen-bond acceptors (Lipinski definition) is 4. The number of H-pyrrole nitrogens is 1. The van der Waals surface area contributed by atoms with E-state index in [-0.39, 0.29) is 5.69 Å². The summed E-state index contributed by atoms with van der Waals surface area (Å²) in [5, 5.41) is 3.64. The number of piperazine rings is 1. The quantitative estimate of drug-likeness (QED) is 0.331. The number of hydrogen-bond donors (Lipinski definition) is 2. The minimum absolute atomic E-state index is 0.0102. The molecule has 4 aromatic rings. The normalized spacial score (nSPS) is 17.4. The molecule has 0 radical (unpaired) electrons. The second kappa shape index (κ2) is 10.9. The molecule has 0 bridgehead atoms. The van der Waals surface area contributed by atoms with Gasteiger partial charge in [-0.2, -0.15) is 0 Å². The van der Waals surface area contributed by atoms with Gasteiger partial charge in [-0.05, 0) is 48.6 Å². The Hall–Kier alpha value is -3.51. The zero-order valence-electron chi connectivity index (χ0n) is 21.5. The largest absolute Gasteiger partial charge is 0.367 e. The average Bonchev–Trinajstić information content (AvgIpc) is 3.24. The minimum Gasteiger partial charge on any atom is -0.367 e. The third kappa shape index (κ3) is 5.44. The highest BCUT2D eigenvalue weighted by atomic mass is 16.1. The fraction of sp³-hybridized carbons (Fsp3) is 0.387. The van der Waals surface area contributed by atoms with Crippen LogP contribution < -0.4 is 15.9 Å². The van der Waals surface area contributed by atoms with Crippen molar-refractivity contribution in [2.75, 3.05) is 36.4 Å². The predicted octanol–water partition coefficient (Wildman–Crippen LogP) is 5.98. The van der Waals surface area contributed by atoms with E-state index in [1.807, 2.05) is 22.8 Å². The molecule has 3 aromatic carbocycles. The van der Waals surface area contributed by atoms with E-state index < -0.39 is 0 Å². The van der Waals surface area contributed by atoms with Gasteiger partial charge in [-0.3, -0.25) is 9.47 Å². The van der Waals surface area contributed by atoms with Gasteiger partial charge in [-0.15, -0.1) is 0 Å². The van der Waals surface area contributed by atoms with Crippen molar-refractivity contribution in [3.05, 3.63) is 88.8 Å². The highest BCUT2D eigenvalue weighted by molar-refractivity contribution is 5.90. The van der Waals surface area contributed by atoms with E-state index in [1.165, 1.54) is 43.4 Å². The lowest BCUT2D eigenvalue weighted by Crippen LogP contribution is -2.46. The molecule has 0 unspecified atom stereocenters. The minimum atomic E-state index is 0.0102. The van der Waals surface area contributed by atoms with Gasteiger partial charge in [0.2, 0.25) is 0 Å². The van der Waals surface area contributed by atoms with Gasteiger partial charge >= 0.3 is 5.69 Å². The highest BCUT2D eigenvalue weighted by Gasteiger charge is 2.23. The molecular formula is C31H37N5O. The molecule has 0 spiro atoms. The number of nitrogens with zero attached hydrogens (tertiary/aromatic N) is 3. The van der Waals surface area contributed by atoms with Gasteiger partial charge in [0.1, 0.15) is 0 Å². The van der Waals surface area contributed by atoms with Crippen LogP contribution in [0.25, 0.3) is 11.0 Å². The predicted molar refractivity (Wildman–Crippen MR) is 153 cm³/mol. The van der Waals surface area contributed by atoms with E-state index in [0.29, 0.717) is 5.92 Å². The number of aromatic nitrogens is 2. The molecule has 1 aromatic heterocycles. The topological polar surface area (TPSA) is 56.3 Å². The molecular weight excluding hydrogens is 458 g/mol. The summed E-state index contributed by atoms with van der Waals surface area (Å²) in [4.78, 5) is 21.2. The Morgan fingerprint density at radius 2 is 1.54 bits per heavy atom. The molecule has 6 heteroatoms. The lowest BCUT2D eigenvalue weighted by molar-refractivity contribution is 0.250. The Bertz CT molecular complexity index is 1360. The molecule has 2 heterocycles. The van der Waals surface area contributed by atoms with E-state index in [2.05, 4.69) is 74.7 Å². The van der Waals surface area contributed by atoms with Crippen molar-refractivity contribution in [2.24, 2.45) is 5.92 Å². The molecule has 6 nitrogen and oxygen atoms in total. The monoisotopic (exact) mass is 495 g/mol. The van der Waals surface area contributed by atoms with Gasteiger partial charge in [0.25, 0.3) is 0 Å². The van der Waals surface area contributed by atoms with Crippen LogP contribution in [0, 0.1) is 5.92 Å². The third-order valence-electron chi connectivity index (χ3n) is 8.07. The van der Waals surface area contributed by atoms with Gasteiger partial charge in [0.05, 0.1) is 22.4 Å². The van der Waals surface area contributed by atoms with Crippen molar-refractivity contribution in [3.8, 4) is 0 Å². The first-order valence-corrected chi connectivity index (χ1v) is 13.8. The highest BCUT2D eigenvalue weighted by Crippen LogP contribution is 2.34. The number of fused-ring (bicyclic) bond motifs is 1. The Balaban J connectivity index is 1.29. The van der Waals surface area contributed by atoms with Gasteiger partial charge in [-0.1, -0.05) is 67.8 Å². The number of nitrogens with one attached hydrogen (secondary N) is 2. The maximum absolute atomic E-state index is 13.1. The van der Waals surface area contributed by atoms with E-state index in [4.69, 9.17) is 0 Å². The average molecular weight is 496 g/mol. The van der Waals surface area contributed by atoms with Crippen LogP contribution in [0.5, 0.6) is 0 Å². The van der Waals surface area contributed by atoms with Crippen molar-refractivity contribution in [1.29, 1.82) is 0 Å². The number of anilines is 3. The van der Waals surface area contributed by atoms with Gasteiger partial charge in [0.15, 0.2) is 0 Å². The number of benzene rings is 3. The van der Waals surface area contributed by atoms with Crippen LogP contribution in [0.1, 0.15) is 37.7 Å². The Morgan fingerprint density at radius 1 is 0.838 bits per heavy atom. The number of imidazole rings is 1. The lowest BCUT2D eigenvalue weighted by Gasteiger charge is -2.37. The molecule has 37 heavy (non-hydrogen) atoms. The van der Waals surface area contributed by atoms with Crippen molar-refractivity contribution < 1.29 is 0 Å². The molecule has 6 rings (SSSR count). The van der Waals surface area contributed by atoms with Crippen molar-refractivity contribution in [2.45, 2.75) is 45.2 Å². The van der Waals surface area contributed by atoms with Crippen molar-refractivity contribution in [1.82, 2.24) is 14.5 Å². The molecule has 2 fully saturated rings. The fourth-order valence-electron chi connectivity index (χ4n) is 6.03. The summed E-state index contributed by atoms with van der Waals surface area (Å²) in [6.07, 6.45) is 6.34. The summed E-state index contributed by atoms with van der Waals surface area (Å²) < 4.78 is 1.99. The van der Waals surface area contributed by atoms with Gasteiger partial charge < -0.3 is 15.2 Å².